The minimum atomic E-state index is -0.304. The lowest BCUT2D eigenvalue weighted by Crippen LogP contribution is -2.51. The molecule has 1 N–H and O–H groups in total. The van der Waals surface area contributed by atoms with Gasteiger partial charge >= 0.3 is 0 Å². The third-order valence-corrected chi connectivity index (χ3v) is 4.93. The largest absolute Gasteiger partial charge is 0.341 e. The minimum Gasteiger partial charge on any atom is -0.341 e. The minimum absolute atomic E-state index is 0.105. The van der Waals surface area contributed by atoms with Gasteiger partial charge in [-0.3, -0.25) is 14.5 Å². The number of carbonyl (C=O) groups excluding carboxylic acids is 2. The Hall–Kier alpha value is -1.88. The van der Waals surface area contributed by atoms with Gasteiger partial charge in [-0.05, 0) is 51.3 Å². The number of carbonyl (C=O) groups is 2. The van der Waals surface area contributed by atoms with Crippen molar-refractivity contribution >= 4 is 17.5 Å². The van der Waals surface area contributed by atoms with Gasteiger partial charge in [0.1, 0.15) is 0 Å². The van der Waals surface area contributed by atoms with Gasteiger partial charge in [0, 0.05) is 18.8 Å². The van der Waals surface area contributed by atoms with E-state index in [1.54, 1.807) is 0 Å². The van der Waals surface area contributed by atoms with Crippen molar-refractivity contribution in [3.63, 3.8) is 0 Å². The Bertz CT molecular complexity index is 589. The number of hydrogen-bond donors (Lipinski definition) is 1. The predicted molar refractivity (Wildman–Crippen MR) is 101 cm³/mol. The molecule has 0 bridgehead atoms. The summed E-state index contributed by atoms with van der Waals surface area (Å²) in [5.74, 6) is 1.08. The van der Waals surface area contributed by atoms with Crippen LogP contribution in [0.3, 0.4) is 0 Å². The van der Waals surface area contributed by atoms with Gasteiger partial charge in [0.25, 0.3) is 0 Å². The van der Waals surface area contributed by atoms with Gasteiger partial charge in [-0.15, -0.1) is 0 Å². The first kappa shape index (κ1) is 19.4. The van der Waals surface area contributed by atoms with E-state index in [9.17, 15) is 9.59 Å². The number of likely N-dealkylation sites (tertiary alicyclic amines) is 1. The van der Waals surface area contributed by atoms with Gasteiger partial charge in [0.2, 0.25) is 11.8 Å². The standard InChI is InChI=1S/C20H31N3O2/c1-14-6-8-18(9-7-14)21-19(24)13-22(5)17(4)20(25)23-11-15(2)10-16(3)12-23/h6-9,15-17H,10-13H2,1-5H3,(H,21,24)/t15-,16+,17-/m1/s1. The maximum atomic E-state index is 12.8. The normalized spacial score (nSPS) is 21.9. The van der Waals surface area contributed by atoms with E-state index < -0.39 is 0 Å². The molecule has 1 fully saturated rings. The molecule has 0 saturated carbocycles. The Kier molecular flexibility index (Phi) is 6.59. The van der Waals surface area contributed by atoms with Crippen molar-refractivity contribution in [3.8, 4) is 0 Å². The van der Waals surface area contributed by atoms with Crippen molar-refractivity contribution in [1.29, 1.82) is 0 Å². The lowest BCUT2D eigenvalue weighted by molar-refractivity contribution is -0.139. The summed E-state index contributed by atoms with van der Waals surface area (Å²) in [5, 5.41) is 2.88. The fourth-order valence-electron chi connectivity index (χ4n) is 3.50. The molecule has 0 spiro atoms. The molecule has 0 aromatic heterocycles. The Labute approximate surface area is 151 Å². The number of anilines is 1. The fourth-order valence-corrected chi connectivity index (χ4v) is 3.50. The second-order valence-corrected chi connectivity index (χ2v) is 7.69. The smallest absolute Gasteiger partial charge is 0.239 e. The highest BCUT2D eigenvalue weighted by atomic mass is 16.2. The lowest BCUT2D eigenvalue weighted by Gasteiger charge is -2.38. The van der Waals surface area contributed by atoms with E-state index in [2.05, 4.69) is 19.2 Å². The number of aryl methyl sites for hydroxylation is 1. The topological polar surface area (TPSA) is 52.7 Å². The van der Waals surface area contributed by atoms with Gasteiger partial charge in [-0.25, -0.2) is 0 Å². The summed E-state index contributed by atoms with van der Waals surface area (Å²) in [6, 6.07) is 7.40. The Balaban J connectivity index is 1.88. The second kappa shape index (κ2) is 8.48. The SMILES string of the molecule is Cc1ccc(NC(=O)CN(C)[C@H](C)C(=O)N2C[C@H](C)C[C@H](C)C2)cc1. The van der Waals surface area contributed by atoms with Gasteiger partial charge in [0.05, 0.1) is 12.6 Å². The third-order valence-electron chi connectivity index (χ3n) is 4.93. The summed E-state index contributed by atoms with van der Waals surface area (Å²) in [4.78, 5) is 28.8. The van der Waals surface area contributed by atoms with Gasteiger partial charge in [-0.2, -0.15) is 0 Å². The van der Waals surface area contributed by atoms with E-state index in [-0.39, 0.29) is 24.4 Å². The number of hydrogen-bond acceptors (Lipinski definition) is 3. The van der Waals surface area contributed by atoms with Crippen LogP contribution in [-0.2, 0) is 9.59 Å². The fraction of sp³-hybridized carbons (Fsp3) is 0.600. The summed E-state index contributed by atoms with van der Waals surface area (Å²) in [5.41, 5.74) is 1.93. The molecule has 2 rings (SSSR count). The highest BCUT2D eigenvalue weighted by Crippen LogP contribution is 2.22. The first-order valence-corrected chi connectivity index (χ1v) is 9.11. The van der Waals surface area contributed by atoms with Crippen molar-refractivity contribution in [2.45, 2.75) is 40.2 Å². The number of nitrogens with zero attached hydrogens (tertiary/aromatic N) is 2. The summed E-state index contributed by atoms with van der Waals surface area (Å²) >= 11 is 0. The molecule has 5 heteroatoms. The number of likely N-dealkylation sites (N-methyl/N-ethyl adjacent to an activating group) is 1. The molecular formula is C20H31N3O2. The average molecular weight is 345 g/mol. The van der Waals surface area contributed by atoms with Crippen molar-refractivity contribution < 1.29 is 9.59 Å². The second-order valence-electron chi connectivity index (χ2n) is 7.69. The molecule has 3 atom stereocenters. The van der Waals surface area contributed by atoms with Crippen LogP contribution in [0.4, 0.5) is 5.69 Å². The molecule has 5 nitrogen and oxygen atoms in total. The Morgan fingerprint density at radius 2 is 1.76 bits per heavy atom. The van der Waals surface area contributed by atoms with Crippen LogP contribution < -0.4 is 5.32 Å². The van der Waals surface area contributed by atoms with Gasteiger partial charge in [-0.1, -0.05) is 31.5 Å². The molecule has 0 unspecified atom stereocenters. The third kappa shape index (κ3) is 5.56. The highest BCUT2D eigenvalue weighted by Gasteiger charge is 2.30. The number of piperidine rings is 1. The molecule has 1 aromatic carbocycles. The zero-order valence-corrected chi connectivity index (χ0v) is 16.1. The van der Waals surface area contributed by atoms with E-state index in [1.807, 2.05) is 55.0 Å². The van der Waals surface area contributed by atoms with Crippen LogP contribution in [0, 0.1) is 18.8 Å². The lowest BCUT2D eigenvalue weighted by atomic mass is 9.91. The van der Waals surface area contributed by atoms with Crippen molar-refractivity contribution in [2.24, 2.45) is 11.8 Å². The monoisotopic (exact) mass is 345 g/mol. The first-order valence-electron chi connectivity index (χ1n) is 9.11. The molecule has 25 heavy (non-hydrogen) atoms. The molecule has 1 aromatic rings. The molecule has 138 valence electrons. The Morgan fingerprint density at radius 1 is 1.20 bits per heavy atom. The van der Waals surface area contributed by atoms with Crippen molar-refractivity contribution in [1.82, 2.24) is 9.80 Å². The maximum absolute atomic E-state index is 12.8. The highest BCUT2D eigenvalue weighted by molar-refractivity contribution is 5.92. The van der Waals surface area contributed by atoms with E-state index in [4.69, 9.17) is 0 Å². The zero-order valence-electron chi connectivity index (χ0n) is 16.1. The molecule has 0 aliphatic carbocycles. The zero-order chi connectivity index (χ0) is 18.6. The molecule has 1 aliphatic rings. The summed E-state index contributed by atoms with van der Waals surface area (Å²) in [6.07, 6.45) is 1.17. The molecule has 1 saturated heterocycles. The van der Waals surface area contributed by atoms with Crippen LogP contribution in [0.2, 0.25) is 0 Å². The van der Waals surface area contributed by atoms with E-state index in [0.717, 1.165) is 24.3 Å². The molecule has 1 aliphatic heterocycles. The van der Waals surface area contributed by atoms with E-state index >= 15 is 0 Å². The first-order chi connectivity index (χ1) is 11.8. The number of nitrogens with one attached hydrogen (secondary N) is 1. The van der Waals surface area contributed by atoms with Crippen LogP contribution in [0.1, 0.15) is 32.8 Å². The van der Waals surface area contributed by atoms with Gasteiger partial charge < -0.3 is 10.2 Å². The van der Waals surface area contributed by atoms with Crippen molar-refractivity contribution in [2.75, 3.05) is 32.0 Å². The summed E-state index contributed by atoms with van der Waals surface area (Å²) in [6.45, 7) is 10.1. The molecule has 1 heterocycles. The number of rotatable bonds is 5. The predicted octanol–water partition coefficient (Wildman–Crippen LogP) is 2.76. The summed E-state index contributed by atoms with van der Waals surface area (Å²) in [7, 11) is 1.83. The van der Waals surface area contributed by atoms with E-state index in [0.29, 0.717) is 11.8 Å². The molecular weight excluding hydrogens is 314 g/mol. The van der Waals surface area contributed by atoms with Crippen LogP contribution in [0.15, 0.2) is 24.3 Å². The van der Waals surface area contributed by atoms with Crippen LogP contribution >= 0.6 is 0 Å². The maximum Gasteiger partial charge on any atom is 0.239 e. The van der Waals surface area contributed by atoms with Crippen LogP contribution in [0.5, 0.6) is 0 Å². The van der Waals surface area contributed by atoms with E-state index in [1.165, 1.54) is 6.42 Å². The molecule has 0 radical (unpaired) electrons. The number of benzene rings is 1. The average Bonchev–Trinajstić information content (AvgIpc) is 2.54. The van der Waals surface area contributed by atoms with Crippen LogP contribution in [0.25, 0.3) is 0 Å². The number of amides is 2. The quantitative estimate of drug-likeness (QED) is 0.893. The van der Waals surface area contributed by atoms with Gasteiger partial charge in [0.15, 0.2) is 0 Å². The molecule has 2 amide bonds. The summed E-state index contributed by atoms with van der Waals surface area (Å²) < 4.78 is 0. The van der Waals surface area contributed by atoms with Crippen molar-refractivity contribution in [3.05, 3.63) is 29.8 Å². The Morgan fingerprint density at radius 3 is 2.32 bits per heavy atom. The van der Waals surface area contributed by atoms with Crippen LogP contribution in [-0.4, -0.2) is 54.3 Å².